The molecule has 4 aromatic rings. The first-order chi connectivity index (χ1) is 13.0. The quantitative estimate of drug-likeness (QED) is 0.562. The maximum absolute atomic E-state index is 12.9. The van der Waals surface area contributed by atoms with Crippen LogP contribution in [0.4, 0.5) is 5.69 Å². The molecule has 0 bridgehead atoms. The van der Waals surface area contributed by atoms with Crippen molar-refractivity contribution < 1.29 is 4.79 Å². The zero-order valence-electron chi connectivity index (χ0n) is 14.6. The van der Waals surface area contributed by atoms with Crippen LogP contribution in [0.1, 0.15) is 18.5 Å². The number of carbonyl (C=O) groups excluding carboxylic acids is 1. The van der Waals surface area contributed by atoms with E-state index in [1.807, 2.05) is 19.1 Å². The van der Waals surface area contributed by atoms with Crippen LogP contribution in [0.15, 0.2) is 47.7 Å². The number of anilines is 1. The number of nitrogens with zero attached hydrogens (tertiary/aromatic N) is 3. The van der Waals surface area contributed by atoms with E-state index in [-0.39, 0.29) is 11.5 Å². The molecule has 0 spiro atoms. The van der Waals surface area contributed by atoms with E-state index in [1.54, 1.807) is 31.3 Å². The Morgan fingerprint density at radius 3 is 2.89 bits per heavy atom. The number of fused-ring (bicyclic) bond motifs is 3. The molecular formula is C19H15ClN4O2S. The van der Waals surface area contributed by atoms with Gasteiger partial charge >= 0.3 is 0 Å². The second kappa shape index (κ2) is 6.75. The van der Waals surface area contributed by atoms with Gasteiger partial charge in [-0.25, -0.2) is 9.97 Å². The number of carbonyl (C=O) groups is 1. The smallest absolute Gasteiger partial charge is 0.272 e. The summed E-state index contributed by atoms with van der Waals surface area (Å²) in [6, 6.07) is 8.26. The third-order valence-corrected chi connectivity index (χ3v) is 6.00. The first kappa shape index (κ1) is 17.6. The summed E-state index contributed by atoms with van der Waals surface area (Å²) >= 11 is 7.39. The Kier molecular flexibility index (Phi) is 4.41. The average Bonchev–Trinajstić information content (AvgIpc) is 3.05. The molecule has 0 radical (unpaired) electrons. The molecular weight excluding hydrogens is 384 g/mol. The van der Waals surface area contributed by atoms with Gasteiger partial charge in [-0.15, -0.1) is 11.3 Å². The van der Waals surface area contributed by atoms with Crippen LogP contribution in [0.5, 0.6) is 0 Å². The first-order valence-corrected chi connectivity index (χ1v) is 9.47. The topological polar surface area (TPSA) is 76.9 Å². The van der Waals surface area contributed by atoms with Gasteiger partial charge in [0, 0.05) is 22.3 Å². The predicted octanol–water partition coefficient (Wildman–Crippen LogP) is 4.17. The van der Waals surface area contributed by atoms with Crippen molar-refractivity contribution in [1.82, 2.24) is 14.5 Å². The summed E-state index contributed by atoms with van der Waals surface area (Å²) in [4.78, 5) is 35.0. The minimum absolute atomic E-state index is 0.256. The highest BCUT2D eigenvalue weighted by molar-refractivity contribution is 7.25. The number of benzene rings is 1. The largest absolute Gasteiger partial charge is 0.324 e. The van der Waals surface area contributed by atoms with Gasteiger partial charge in [0.2, 0.25) is 5.91 Å². The molecule has 0 aliphatic heterocycles. The number of rotatable bonds is 3. The summed E-state index contributed by atoms with van der Waals surface area (Å²) in [6.07, 6.45) is 3.10. The zero-order chi connectivity index (χ0) is 19.1. The van der Waals surface area contributed by atoms with Crippen molar-refractivity contribution in [3.8, 4) is 0 Å². The van der Waals surface area contributed by atoms with Gasteiger partial charge in [0.1, 0.15) is 15.6 Å². The average molecular weight is 399 g/mol. The second-order valence-electron chi connectivity index (χ2n) is 6.17. The molecule has 27 heavy (non-hydrogen) atoms. The zero-order valence-corrected chi connectivity index (χ0v) is 16.1. The Balaban J connectivity index is 1.72. The van der Waals surface area contributed by atoms with Crippen LogP contribution >= 0.6 is 22.9 Å². The molecule has 136 valence electrons. The lowest BCUT2D eigenvalue weighted by Gasteiger charge is -2.16. The van der Waals surface area contributed by atoms with Gasteiger partial charge in [-0.3, -0.25) is 14.2 Å². The van der Waals surface area contributed by atoms with Crippen LogP contribution in [0.2, 0.25) is 5.02 Å². The van der Waals surface area contributed by atoms with E-state index in [0.717, 1.165) is 15.8 Å². The molecule has 3 aromatic heterocycles. The van der Waals surface area contributed by atoms with Gasteiger partial charge in [-0.1, -0.05) is 17.7 Å². The number of nitrogens with one attached hydrogen (secondary N) is 1. The highest BCUT2D eigenvalue weighted by Gasteiger charge is 2.20. The SMILES string of the molecule is Cc1c(Cl)cccc1NC(=O)C(C)n1cnc2c(sc3ncccc32)c1=O. The van der Waals surface area contributed by atoms with Crippen LogP contribution in [0, 0.1) is 6.92 Å². The standard InChI is InChI=1S/C19H15ClN4O2S/c1-10-13(20)6-3-7-14(10)23-17(25)11(2)24-9-22-15-12-5-4-8-21-18(12)27-16(15)19(24)26/h3-9,11H,1-2H3,(H,23,25). The minimum atomic E-state index is -0.731. The minimum Gasteiger partial charge on any atom is -0.324 e. The molecule has 0 aliphatic rings. The van der Waals surface area contributed by atoms with Gasteiger partial charge in [0.25, 0.3) is 5.56 Å². The van der Waals surface area contributed by atoms with Crippen molar-refractivity contribution in [3.63, 3.8) is 0 Å². The second-order valence-corrected chi connectivity index (χ2v) is 7.58. The highest BCUT2D eigenvalue weighted by atomic mass is 35.5. The summed E-state index contributed by atoms with van der Waals surface area (Å²) in [5.74, 6) is -0.317. The molecule has 8 heteroatoms. The van der Waals surface area contributed by atoms with Crippen molar-refractivity contribution >= 4 is 55.0 Å². The molecule has 1 atom stereocenters. The molecule has 3 heterocycles. The van der Waals surface area contributed by atoms with Crippen LogP contribution in [-0.4, -0.2) is 20.4 Å². The summed E-state index contributed by atoms with van der Waals surface area (Å²) in [5, 5.41) is 4.24. The molecule has 0 saturated carbocycles. The van der Waals surface area contributed by atoms with E-state index in [9.17, 15) is 9.59 Å². The molecule has 0 aliphatic carbocycles. The summed E-state index contributed by atoms with van der Waals surface area (Å²) in [7, 11) is 0. The third-order valence-electron chi connectivity index (χ3n) is 4.50. The molecule has 1 unspecified atom stereocenters. The van der Waals surface area contributed by atoms with Gasteiger partial charge in [0.15, 0.2) is 0 Å². The van der Waals surface area contributed by atoms with E-state index in [4.69, 9.17) is 11.6 Å². The normalized spacial score (nSPS) is 12.4. The number of hydrogen-bond acceptors (Lipinski definition) is 5. The number of halogens is 1. The van der Waals surface area contributed by atoms with E-state index < -0.39 is 6.04 Å². The van der Waals surface area contributed by atoms with Gasteiger partial charge in [0.05, 0.1) is 11.8 Å². The van der Waals surface area contributed by atoms with Crippen LogP contribution < -0.4 is 10.9 Å². The van der Waals surface area contributed by atoms with Crippen LogP contribution in [-0.2, 0) is 4.79 Å². The molecule has 1 aromatic carbocycles. The van der Waals surface area contributed by atoms with Crippen molar-refractivity contribution in [1.29, 1.82) is 0 Å². The summed E-state index contributed by atoms with van der Waals surface area (Å²) in [6.45, 7) is 3.49. The maximum atomic E-state index is 12.9. The van der Waals surface area contributed by atoms with E-state index in [1.165, 1.54) is 22.2 Å². The molecule has 0 fully saturated rings. The van der Waals surface area contributed by atoms with Gasteiger partial charge in [-0.05, 0) is 43.7 Å². The van der Waals surface area contributed by atoms with Crippen molar-refractivity contribution in [2.75, 3.05) is 5.32 Å². The molecule has 1 amide bonds. The molecule has 4 rings (SSSR count). The van der Waals surface area contributed by atoms with E-state index >= 15 is 0 Å². The molecule has 1 N–H and O–H groups in total. The lowest BCUT2D eigenvalue weighted by atomic mass is 10.2. The Morgan fingerprint density at radius 2 is 2.07 bits per heavy atom. The van der Waals surface area contributed by atoms with Gasteiger partial charge < -0.3 is 5.32 Å². The lowest BCUT2D eigenvalue weighted by molar-refractivity contribution is -0.118. The Morgan fingerprint density at radius 1 is 1.26 bits per heavy atom. The van der Waals surface area contributed by atoms with Crippen LogP contribution in [0.3, 0.4) is 0 Å². The number of pyridine rings is 1. The Labute approximate surface area is 163 Å². The summed E-state index contributed by atoms with van der Waals surface area (Å²) < 4.78 is 1.83. The maximum Gasteiger partial charge on any atom is 0.272 e. The van der Waals surface area contributed by atoms with Crippen molar-refractivity contribution in [2.24, 2.45) is 0 Å². The van der Waals surface area contributed by atoms with Crippen LogP contribution in [0.25, 0.3) is 20.4 Å². The summed E-state index contributed by atoms with van der Waals surface area (Å²) in [5.41, 5.74) is 1.75. The Hall–Kier alpha value is -2.77. The van der Waals surface area contributed by atoms with Crippen molar-refractivity contribution in [2.45, 2.75) is 19.9 Å². The number of aromatic nitrogens is 3. The fourth-order valence-electron chi connectivity index (χ4n) is 2.86. The van der Waals surface area contributed by atoms with Crippen molar-refractivity contribution in [3.05, 3.63) is 63.8 Å². The Bertz CT molecular complexity index is 1250. The predicted molar refractivity (Wildman–Crippen MR) is 109 cm³/mol. The van der Waals surface area contributed by atoms with E-state index in [2.05, 4.69) is 15.3 Å². The molecule has 6 nitrogen and oxygen atoms in total. The van der Waals surface area contributed by atoms with Gasteiger partial charge in [-0.2, -0.15) is 0 Å². The number of hydrogen-bond donors (Lipinski definition) is 1. The monoisotopic (exact) mass is 398 g/mol. The highest BCUT2D eigenvalue weighted by Crippen LogP contribution is 2.28. The van der Waals surface area contributed by atoms with E-state index in [0.29, 0.717) is 20.9 Å². The number of amides is 1. The lowest BCUT2D eigenvalue weighted by Crippen LogP contribution is -2.31. The first-order valence-electron chi connectivity index (χ1n) is 8.27. The fraction of sp³-hybridized carbons (Fsp3) is 0.158. The fourth-order valence-corrected chi connectivity index (χ4v) is 4.07. The molecule has 0 saturated heterocycles. The third kappa shape index (κ3) is 2.98. The number of thiophene rings is 1.